The highest BCUT2D eigenvalue weighted by Gasteiger charge is 2.27. The van der Waals surface area contributed by atoms with Gasteiger partial charge in [0.2, 0.25) is 0 Å². The molecule has 1 aliphatic heterocycles. The minimum absolute atomic E-state index is 0.0840. The van der Waals surface area contributed by atoms with Crippen LogP contribution in [-0.2, 0) is 11.3 Å². The van der Waals surface area contributed by atoms with Crippen molar-refractivity contribution < 1.29 is 9.53 Å². The maximum absolute atomic E-state index is 12.7. The van der Waals surface area contributed by atoms with E-state index in [0.717, 1.165) is 18.4 Å². The van der Waals surface area contributed by atoms with Gasteiger partial charge < -0.3 is 9.64 Å². The van der Waals surface area contributed by atoms with Gasteiger partial charge in [-0.2, -0.15) is 0 Å². The highest BCUT2D eigenvalue weighted by atomic mass is 16.5. The van der Waals surface area contributed by atoms with E-state index in [1.54, 1.807) is 11.0 Å². The normalized spacial score (nSPS) is 18.1. The number of morpholine rings is 1. The number of tetrazole rings is 1. The Hall–Kier alpha value is -2.28. The van der Waals surface area contributed by atoms with E-state index in [1.807, 2.05) is 29.2 Å². The summed E-state index contributed by atoms with van der Waals surface area (Å²) in [5.74, 6) is 0.0840. The molecule has 2 heterocycles. The fourth-order valence-electron chi connectivity index (χ4n) is 2.85. The average molecular weight is 315 g/mol. The van der Waals surface area contributed by atoms with E-state index in [2.05, 4.69) is 22.4 Å². The summed E-state index contributed by atoms with van der Waals surface area (Å²) in [6.07, 6.45) is 3.59. The summed E-state index contributed by atoms with van der Waals surface area (Å²) in [5, 5.41) is 11.1. The van der Waals surface area contributed by atoms with Crippen LogP contribution in [0.25, 0.3) is 0 Å². The average Bonchev–Trinajstić information content (AvgIpc) is 3.09. The second kappa shape index (κ2) is 7.32. The standard InChI is InChI=1S/C16H21N5O2/c1-2-3-15-11-23-9-8-21(15)16(22)14-6-4-13(5-7-14)10-20-12-17-18-19-20/h4-7,12,15H,2-3,8-11H2,1H3/t15-/m0/s1. The summed E-state index contributed by atoms with van der Waals surface area (Å²) in [7, 11) is 0. The fourth-order valence-corrected chi connectivity index (χ4v) is 2.85. The largest absolute Gasteiger partial charge is 0.377 e. The molecular weight excluding hydrogens is 294 g/mol. The lowest BCUT2D eigenvalue weighted by atomic mass is 10.1. The van der Waals surface area contributed by atoms with E-state index in [4.69, 9.17) is 4.74 Å². The fraction of sp³-hybridized carbons (Fsp3) is 0.500. The molecule has 0 spiro atoms. The van der Waals surface area contributed by atoms with Crippen molar-refractivity contribution in [3.05, 3.63) is 41.7 Å². The molecule has 1 fully saturated rings. The molecule has 0 unspecified atom stereocenters. The molecule has 1 amide bonds. The minimum Gasteiger partial charge on any atom is -0.377 e. The summed E-state index contributed by atoms with van der Waals surface area (Å²) in [5.41, 5.74) is 1.77. The van der Waals surface area contributed by atoms with Gasteiger partial charge in [0.05, 0.1) is 25.8 Å². The second-order valence-electron chi connectivity index (χ2n) is 5.72. The predicted octanol–water partition coefficient (Wildman–Crippen LogP) is 1.36. The Morgan fingerprint density at radius 2 is 2.17 bits per heavy atom. The molecule has 1 aromatic heterocycles. The molecule has 2 aromatic rings. The zero-order chi connectivity index (χ0) is 16.1. The van der Waals surface area contributed by atoms with Gasteiger partial charge in [-0.15, -0.1) is 5.10 Å². The molecule has 1 aliphatic rings. The van der Waals surface area contributed by atoms with Crippen LogP contribution in [0.4, 0.5) is 0 Å². The first-order valence-electron chi connectivity index (χ1n) is 7.96. The highest BCUT2D eigenvalue weighted by Crippen LogP contribution is 2.17. The van der Waals surface area contributed by atoms with E-state index in [1.165, 1.54) is 0 Å². The first-order valence-corrected chi connectivity index (χ1v) is 7.96. The Labute approximate surface area is 135 Å². The van der Waals surface area contributed by atoms with Crippen LogP contribution in [0.2, 0.25) is 0 Å². The summed E-state index contributed by atoms with van der Waals surface area (Å²) < 4.78 is 7.16. The third kappa shape index (κ3) is 3.73. The number of aromatic nitrogens is 4. The maximum Gasteiger partial charge on any atom is 0.254 e. The van der Waals surface area contributed by atoms with E-state index in [9.17, 15) is 4.79 Å². The summed E-state index contributed by atoms with van der Waals surface area (Å²) in [6.45, 7) is 4.64. The van der Waals surface area contributed by atoms with Gasteiger partial charge in [0.1, 0.15) is 6.33 Å². The number of benzene rings is 1. The lowest BCUT2D eigenvalue weighted by Crippen LogP contribution is -2.48. The van der Waals surface area contributed by atoms with E-state index in [-0.39, 0.29) is 11.9 Å². The van der Waals surface area contributed by atoms with Gasteiger partial charge in [-0.05, 0) is 34.5 Å². The number of carbonyl (C=O) groups excluding carboxylic acids is 1. The molecule has 23 heavy (non-hydrogen) atoms. The van der Waals surface area contributed by atoms with Crippen LogP contribution in [0.5, 0.6) is 0 Å². The van der Waals surface area contributed by atoms with Crippen LogP contribution in [-0.4, -0.2) is 56.8 Å². The Balaban J connectivity index is 1.69. The van der Waals surface area contributed by atoms with Gasteiger partial charge in [-0.1, -0.05) is 25.5 Å². The van der Waals surface area contributed by atoms with Gasteiger partial charge in [-0.3, -0.25) is 4.79 Å². The molecule has 0 aliphatic carbocycles. The molecule has 122 valence electrons. The molecule has 1 aromatic carbocycles. The summed E-state index contributed by atoms with van der Waals surface area (Å²) >= 11 is 0. The lowest BCUT2D eigenvalue weighted by molar-refractivity contribution is -0.00433. The van der Waals surface area contributed by atoms with Crippen LogP contribution >= 0.6 is 0 Å². The topological polar surface area (TPSA) is 73.1 Å². The van der Waals surface area contributed by atoms with Gasteiger partial charge in [0.25, 0.3) is 5.91 Å². The number of carbonyl (C=O) groups is 1. The monoisotopic (exact) mass is 315 g/mol. The number of rotatable bonds is 5. The van der Waals surface area contributed by atoms with Crippen LogP contribution in [0.1, 0.15) is 35.7 Å². The molecule has 0 radical (unpaired) electrons. The quantitative estimate of drug-likeness (QED) is 0.833. The molecule has 1 saturated heterocycles. The predicted molar refractivity (Wildman–Crippen MR) is 83.9 cm³/mol. The van der Waals surface area contributed by atoms with Crippen molar-refractivity contribution in [2.24, 2.45) is 0 Å². The first kappa shape index (κ1) is 15.6. The molecular formula is C16H21N5O2. The second-order valence-corrected chi connectivity index (χ2v) is 5.72. The van der Waals surface area contributed by atoms with Crippen molar-refractivity contribution in [2.45, 2.75) is 32.4 Å². The first-order chi connectivity index (χ1) is 11.3. The summed E-state index contributed by atoms with van der Waals surface area (Å²) in [6, 6.07) is 7.83. The maximum atomic E-state index is 12.7. The van der Waals surface area contributed by atoms with Crippen molar-refractivity contribution in [1.29, 1.82) is 0 Å². The third-order valence-electron chi connectivity index (χ3n) is 4.05. The van der Waals surface area contributed by atoms with Gasteiger partial charge in [0, 0.05) is 12.1 Å². The molecule has 0 bridgehead atoms. The molecule has 7 nitrogen and oxygen atoms in total. The van der Waals surface area contributed by atoms with Gasteiger partial charge in [-0.25, -0.2) is 4.68 Å². The van der Waals surface area contributed by atoms with E-state index < -0.39 is 0 Å². The number of hydrogen-bond acceptors (Lipinski definition) is 5. The Bertz CT molecular complexity index is 624. The van der Waals surface area contributed by atoms with Gasteiger partial charge in [0.15, 0.2) is 0 Å². The van der Waals surface area contributed by atoms with Crippen LogP contribution in [0.3, 0.4) is 0 Å². The Morgan fingerprint density at radius 1 is 1.35 bits per heavy atom. The number of amides is 1. The smallest absolute Gasteiger partial charge is 0.254 e. The number of ether oxygens (including phenoxy) is 1. The van der Waals surface area contributed by atoms with Crippen molar-refractivity contribution >= 4 is 5.91 Å². The molecule has 3 rings (SSSR count). The number of hydrogen-bond donors (Lipinski definition) is 0. The van der Waals surface area contributed by atoms with Crippen LogP contribution < -0.4 is 0 Å². The molecule has 0 saturated carbocycles. The minimum atomic E-state index is 0.0840. The third-order valence-corrected chi connectivity index (χ3v) is 4.05. The summed E-state index contributed by atoms with van der Waals surface area (Å²) in [4.78, 5) is 14.7. The Kier molecular flexibility index (Phi) is 4.97. The van der Waals surface area contributed by atoms with Crippen molar-refractivity contribution in [3.63, 3.8) is 0 Å². The van der Waals surface area contributed by atoms with Crippen LogP contribution in [0.15, 0.2) is 30.6 Å². The van der Waals surface area contributed by atoms with Crippen molar-refractivity contribution in [2.75, 3.05) is 19.8 Å². The molecule has 7 heteroatoms. The zero-order valence-electron chi connectivity index (χ0n) is 13.3. The Morgan fingerprint density at radius 3 is 2.87 bits per heavy atom. The molecule has 0 N–H and O–H groups in total. The highest BCUT2D eigenvalue weighted by molar-refractivity contribution is 5.94. The lowest BCUT2D eigenvalue weighted by Gasteiger charge is -2.35. The SMILES string of the molecule is CCC[C@H]1COCCN1C(=O)c1ccc(Cn2cnnn2)cc1. The van der Waals surface area contributed by atoms with Gasteiger partial charge >= 0.3 is 0 Å². The molecule has 1 atom stereocenters. The number of nitrogens with zero attached hydrogens (tertiary/aromatic N) is 5. The van der Waals surface area contributed by atoms with Crippen molar-refractivity contribution in [3.8, 4) is 0 Å². The zero-order valence-corrected chi connectivity index (χ0v) is 13.3. The van der Waals surface area contributed by atoms with Crippen molar-refractivity contribution in [1.82, 2.24) is 25.1 Å². The van der Waals surface area contributed by atoms with E-state index >= 15 is 0 Å². The van der Waals surface area contributed by atoms with E-state index in [0.29, 0.717) is 31.9 Å². The van der Waals surface area contributed by atoms with Crippen LogP contribution in [0, 0.1) is 0 Å².